The van der Waals surface area contributed by atoms with E-state index >= 15 is 0 Å². The van der Waals surface area contributed by atoms with Crippen LogP contribution in [0.5, 0.6) is 11.6 Å². The highest BCUT2D eigenvalue weighted by Gasteiger charge is 2.09. The smallest absolute Gasteiger partial charge is 0.221 e. The average molecular weight is 321 g/mol. The van der Waals surface area contributed by atoms with Gasteiger partial charge in [-0.05, 0) is 30.3 Å². The van der Waals surface area contributed by atoms with Gasteiger partial charge in [-0.1, -0.05) is 11.6 Å². The predicted molar refractivity (Wildman–Crippen MR) is 87.6 cm³/mol. The standard InChI is InChI=1S/C17H9ClN4O/c18-12-2-4-15-14(6-12)11(8-19)5-17(21-15)23-13-3-1-10-9-20-22-16(10)7-13/h1-7,9H,(H,20,22). The van der Waals surface area contributed by atoms with Crippen molar-refractivity contribution in [2.75, 3.05) is 0 Å². The number of nitriles is 1. The highest BCUT2D eigenvalue weighted by molar-refractivity contribution is 6.31. The summed E-state index contributed by atoms with van der Waals surface area (Å²) in [4.78, 5) is 4.43. The topological polar surface area (TPSA) is 74.6 Å². The van der Waals surface area contributed by atoms with Crippen LogP contribution in [0.3, 0.4) is 0 Å². The predicted octanol–water partition coefficient (Wildman–Crippen LogP) is 4.43. The lowest BCUT2D eigenvalue weighted by Gasteiger charge is -2.07. The first kappa shape index (κ1) is 13.6. The molecular weight excluding hydrogens is 312 g/mol. The van der Waals surface area contributed by atoms with Gasteiger partial charge in [0.15, 0.2) is 0 Å². The Morgan fingerprint density at radius 2 is 2.04 bits per heavy atom. The molecule has 2 heterocycles. The molecule has 4 rings (SSSR count). The van der Waals surface area contributed by atoms with Gasteiger partial charge < -0.3 is 4.74 Å². The van der Waals surface area contributed by atoms with Crippen LogP contribution >= 0.6 is 11.6 Å². The fraction of sp³-hybridized carbons (Fsp3) is 0. The molecule has 0 aliphatic rings. The summed E-state index contributed by atoms with van der Waals surface area (Å²) in [5, 5.41) is 18.5. The molecule has 23 heavy (non-hydrogen) atoms. The minimum Gasteiger partial charge on any atom is -0.439 e. The van der Waals surface area contributed by atoms with Gasteiger partial charge in [-0.3, -0.25) is 5.10 Å². The first-order valence-electron chi connectivity index (χ1n) is 6.84. The van der Waals surface area contributed by atoms with Gasteiger partial charge in [-0.15, -0.1) is 0 Å². The first-order chi connectivity index (χ1) is 11.2. The molecule has 2 aromatic heterocycles. The fourth-order valence-electron chi connectivity index (χ4n) is 2.42. The van der Waals surface area contributed by atoms with E-state index in [1.165, 1.54) is 0 Å². The quantitative estimate of drug-likeness (QED) is 0.593. The second-order valence-electron chi connectivity index (χ2n) is 5.00. The summed E-state index contributed by atoms with van der Waals surface area (Å²) in [5.74, 6) is 0.974. The largest absolute Gasteiger partial charge is 0.439 e. The van der Waals surface area contributed by atoms with Crippen LogP contribution in [-0.4, -0.2) is 15.2 Å². The van der Waals surface area contributed by atoms with Gasteiger partial charge in [0.05, 0.1) is 22.8 Å². The van der Waals surface area contributed by atoms with E-state index < -0.39 is 0 Å². The van der Waals surface area contributed by atoms with Gasteiger partial charge in [-0.25, -0.2) is 4.98 Å². The zero-order valence-electron chi connectivity index (χ0n) is 11.7. The Bertz CT molecular complexity index is 1080. The lowest BCUT2D eigenvalue weighted by atomic mass is 10.1. The van der Waals surface area contributed by atoms with E-state index in [0.29, 0.717) is 33.1 Å². The summed E-state index contributed by atoms with van der Waals surface area (Å²) in [7, 11) is 0. The number of nitrogens with zero attached hydrogens (tertiary/aromatic N) is 3. The Labute approximate surface area is 136 Å². The summed E-state index contributed by atoms with van der Waals surface area (Å²) in [6, 6.07) is 14.6. The van der Waals surface area contributed by atoms with Crippen LogP contribution in [0.1, 0.15) is 5.56 Å². The van der Waals surface area contributed by atoms with E-state index in [1.807, 2.05) is 18.2 Å². The van der Waals surface area contributed by atoms with E-state index in [-0.39, 0.29) is 0 Å². The molecule has 0 atom stereocenters. The van der Waals surface area contributed by atoms with Gasteiger partial charge in [0.1, 0.15) is 11.8 Å². The summed E-state index contributed by atoms with van der Waals surface area (Å²) < 4.78 is 5.79. The van der Waals surface area contributed by atoms with Crippen LogP contribution in [-0.2, 0) is 0 Å². The number of aromatic nitrogens is 3. The Kier molecular flexibility index (Phi) is 3.11. The Balaban J connectivity index is 1.79. The number of benzene rings is 2. The van der Waals surface area contributed by atoms with Crippen molar-refractivity contribution in [2.24, 2.45) is 0 Å². The molecule has 4 aromatic rings. The summed E-state index contributed by atoms with van der Waals surface area (Å²) in [6.07, 6.45) is 1.74. The van der Waals surface area contributed by atoms with Crippen molar-refractivity contribution in [3.63, 3.8) is 0 Å². The zero-order valence-corrected chi connectivity index (χ0v) is 12.5. The van der Waals surface area contributed by atoms with Crippen LogP contribution in [0.4, 0.5) is 0 Å². The average Bonchev–Trinajstić information content (AvgIpc) is 3.02. The molecule has 0 aliphatic carbocycles. The second kappa shape index (κ2) is 5.27. The van der Waals surface area contributed by atoms with E-state index in [4.69, 9.17) is 16.3 Å². The lowest BCUT2D eigenvalue weighted by molar-refractivity contribution is 0.465. The maximum Gasteiger partial charge on any atom is 0.221 e. The molecule has 2 aromatic carbocycles. The molecule has 5 nitrogen and oxygen atoms in total. The van der Waals surface area contributed by atoms with Gasteiger partial charge in [0, 0.05) is 27.9 Å². The number of fused-ring (bicyclic) bond motifs is 2. The van der Waals surface area contributed by atoms with E-state index in [0.717, 1.165) is 10.9 Å². The molecule has 0 saturated carbocycles. The van der Waals surface area contributed by atoms with E-state index in [1.54, 1.807) is 30.5 Å². The van der Waals surface area contributed by atoms with Gasteiger partial charge in [0.2, 0.25) is 5.88 Å². The van der Waals surface area contributed by atoms with Crippen molar-refractivity contribution in [3.05, 3.63) is 59.2 Å². The van der Waals surface area contributed by atoms with Crippen molar-refractivity contribution >= 4 is 33.4 Å². The molecule has 0 radical (unpaired) electrons. The molecular formula is C17H9ClN4O. The molecule has 0 unspecified atom stereocenters. The molecule has 6 heteroatoms. The van der Waals surface area contributed by atoms with Gasteiger partial charge in [0.25, 0.3) is 0 Å². The Morgan fingerprint density at radius 1 is 1.13 bits per heavy atom. The van der Waals surface area contributed by atoms with Crippen molar-refractivity contribution in [1.82, 2.24) is 15.2 Å². The molecule has 1 N–H and O–H groups in total. The van der Waals surface area contributed by atoms with E-state index in [9.17, 15) is 5.26 Å². The SMILES string of the molecule is N#Cc1cc(Oc2ccc3cn[nH]c3c2)nc2ccc(Cl)cc12. The van der Waals surface area contributed by atoms with Crippen LogP contribution in [0, 0.1) is 11.3 Å². The molecule has 110 valence electrons. The minimum atomic E-state index is 0.357. The number of nitrogens with one attached hydrogen (secondary N) is 1. The number of hydrogen-bond donors (Lipinski definition) is 1. The van der Waals surface area contributed by atoms with Gasteiger partial charge >= 0.3 is 0 Å². The van der Waals surface area contributed by atoms with Crippen molar-refractivity contribution in [1.29, 1.82) is 5.26 Å². The number of hydrogen-bond acceptors (Lipinski definition) is 4. The zero-order chi connectivity index (χ0) is 15.8. The molecule has 0 fully saturated rings. The lowest BCUT2D eigenvalue weighted by Crippen LogP contribution is -1.91. The third kappa shape index (κ3) is 2.45. The fourth-order valence-corrected chi connectivity index (χ4v) is 2.59. The van der Waals surface area contributed by atoms with Crippen LogP contribution in [0.15, 0.2) is 48.7 Å². The highest BCUT2D eigenvalue weighted by atomic mass is 35.5. The first-order valence-corrected chi connectivity index (χ1v) is 7.22. The van der Waals surface area contributed by atoms with Crippen molar-refractivity contribution < 1.29 is 4.74 Å². The van der Waals surface area contributed by atoms with Crippen LogP contribution < -0.4 is 4.74 Å². The molecule has 0 amide bonds. The Hall–Kier alpha value is -3.10. The Morgan fingerprint density at radius 3 is 2.91 bits per heavy atom. The normalized spacial score (nSPS) is 10.8. The maximum absolute atomic E-state index is 9.34. The summed E-state index contributed by atoms with van der Waals surface area (Å²) >= 11 is 5.98. The number of rotatable bonds is 2. The molecule has 0 aliphatic heterocycles. The summed E-state index contributed by atoms with van der Waals surface area (Å²) in [6.45, 7) is 0. The number of H-pyrrole nitrogens is 1. The number of pyridine rings is 1. The molecule has 0 spiro atoms. The number of halogens is 1. The second-order valence-corrected chi connectivity index (χ2v) is 5.44. The van der Waals surface area contributed by atoms with Crippen molar-refractivity contribution in [3.8, 4) is 17.7 Å². The summed E-state index contributed by atoms with van der Waals surface area (Å²) in [5.41, 5.74) is 2.00. The minimum absolute atomic E-state index is 0.357. The van der Waals surface area contributed by atoms with Crippen LogP contribution in [0.25, 0.3) is 21.8 Å². The highest BCUT2D eigenvalue weighted by Crippen LogP contribution is 2.28. The van der Waals surface area contributed by atoms with Gasteiger partial charge in [-0.2, -0.15) is 10.4 Å². The van der Waals surface area contributed by atoms with Crippen LogP contribution in [0.2, 0.25) is 5.02 Å². The number of aromatic amines is 1. The maximum atomic E-state index is 9.34. The third-order valence-corrected chi connectivity index (χ3v) is 3.74. The third-order valence-electron chi connectivity index (χ3n) is 3.50. The monoisotopic (exact) mass is 320 g/mol. The number of ether oxygens (including phenoxy) is 1. The van der Waals surface area contributed by atoms with Crippen molar-refractivity contribution in [2.45, 2.75) is 0 Å². The molecule has 0 bridgehead atoms. The van der Waals surface area contributed by atoms with E-state index in [2.05, 4.69) is 21.3 Å². The molecule has 0 saturated heterocycles.